The molecule has 2 nitrogen and oxygen atoms in total. The zero-order valence-corrected chi connectivity index (χ0v) is 10.3. The van der Waals surface area contributed by atoms with E-state index in [-0.39, 0.29) is 11.5 Å². The molecule has 1 aromatic carbocycles. The minimum absolute atomic E-state index is 0.123. The van der Waals surface area contributed by atoms with E-state index in [1.54, 1.807) is 0 Å². The smallest absolute Gasteiger partial charge is 0.130 e. The lowest BCUT2D eigenvalue weighted by molar-refractivity contribution is 0.0607. The molecule has 100 valence electrons. The van der Waals surface area contributed by atoms with Gasteiger partial charge in [0, 0.05) is 11.6 Å². The van der Waals surface area contributed by atoms with Gasteiger partial charge in [0.1, 0.15) is 11.6 Å². The summed E-state index contributed by atoms with van der Waals surface area (Å²) in [5.41, 5.74) is 6.10. The Bertz CT molecular complexity index is 405. The molecule has 3 N–H and O–H groups in total. The Balaban J connectivity index is 2.11. The zero-order chi connectivity index (χ0) is 13.1. The highest BCUT2D eigenvalue weighted by Gasteiger charge is 2.29. The SMILES string of the molecule is N[C@H](c1ccc(F)cc1F)[C@@H](O)C1CCCCC1. The normalized spacial score (nSPS) is 20.7. The van der Waals surface area contributed by atoms with Crippen molar-refractivity contribution in [3.05, 3.63) is 35.4 Å². The molecule has 0 aromatic heterocycles. The van der Waals surface area contributed by atoms with Crippen molar-refractivity contribution in [2.75, 3.05) is 0 Å². The van der Waals surface area contributed by atoms with Gasteiger partial charge in [-0.2, -0.15) is 0 Å². The molecule has 2 rings (SSSR count). The van der Waals surface area contributed by atoms with Gasteiger partial charge in [-0.05, 0) is 24.8 Å². The fourth-order valence-electron chi connectivity index (χ4n) is 2.72. The van der Waals surface area contributed by atoms with Crippen LogP contribution in [0.25, 0.3) is 0 Å². The molecule has 0 radical (unpaired) electrons. The van der Waals surface area contributed by atoms with Crippen LogP contribution >= 0.6 is 0 Å². The van der Waals surface area contributed by atoms with Crippen LogP contribution in [0.2, 0.25) is 0 Å². The molecule has 0 saturated heterocycles. The third-order valence-corrected chi connectivity index (χ3v) is 3.82. The van der Waals surface area contributed by atoms with E-state index in [0.29, 0.717) is 0 Å². The van der Waals surface area contributed by atoms with Crippen LogP contribution in [-0.4, -0.2) is 11.2 Å². The highest BCUT2D eigenvalue weighted by molar-refractivity contribution is 5.23. The number of halogens is 2. The molecular formula is C14H19F2NO. The predicted molar refractivity (Wildman–Crippen MR) is 65.9 cm³/mol. The molecule has 0 heterocycles. The fourth-order valence-corrected chi connectivity index (χ4v) is 2.72. The van der Waals surface area contributed by atoms with Gasteiger partial charge in [-0.25, -0.2) is 8.78 Å². The maximum Gasteiger partial charge on any atom is 0.130 e. The Morgan fingerprint density at radius 1 is 1.17 bits per heavy atom. The van der Waals surface area contributed by atoms with Crippen molar-refractivity contribution < 1.29 is 13.9 Å². The van der Waals surface area contributed by atoms with Crippen LogP contribution in [-0.2, 0) is 0 Å². The molecule has 0 amide bonds. The average Bonchev–Trinajstić information content (AvgIpc) is 2.38. The first kappa shape index (κ1) is 13.4. The van der Waals surface area contributed by atoms with Crippen molar-refractivity contribution in [1.29, 1.82) is 0 Å². The fraction of sp³-hybridized carbons (Fsp3) is 0.571. The van der Waals surface area contributed by atoms with Gasteiger partial charge >= 0.3 is 0 Å². The van der Waals surface area contributed by atoms with Crippen LogP contribution in [0.3, 0.4) is 0 Å². The van der Waals surface area contributed by atoms with Crippen LogP contribution in [0.4, 0.5) is 8.78 Å². The summed E-state index contributed by atoms with van der Waals surface area (Å²) in [7, 11) is 0. The monoisotopic (exact) mass is 255 g/mol. The second-order valence-electron chi connectivity index (χ2n) is 5.08. The number of benzene rings is 1. The van der Waals surface area contributed by atoms with E-state index >= 15 is 0 Å². The second kappa shape index (κ2) is 5.76. The average molecular weight is 255 g/mol. The highest BCUT2D eigenvalue weighted by Crippen LogP contribution is 2.32. The van der Waals surface area contributed by atoms with E-state index in [1.165, 1.54) is 18.6 Å². The van der Waals surface area contributed by atoms with E-state index < -0.39 is 23.8 Å². The summed E-state index contributed by atoms with van der Waals surface area (Å²) in [5, 5.41) is 10.2. The summed E-state index contributed by atoms with van der Waals surface area (Å²) in [6.07, 6.45) is 4.45. The van der Waals surface area contributed by atoms with Crippen molar-refractivity contribution in [2.45, 2.75) is 44.2 Å². The van der Waals surface area contributed by atoms with Crippen LogP contribution in [0.15, 0.2) is 18.2 Å². The molecule has 1 aliphatic rings. The van der Waals surface area contributed by atoms with Gasteiger partial charge in [-0.3, -0.25) is 0 Å². The van der Waals surface area contributed by atoms with E-state index in [4.69, 9.17) is 5.73 Å². The van der Waals surface area contributed by atoms with Crippen LogP contribution < -0.4 is 5.73 Å². The molecular weight excluding hydrogens is 236 g/mol. The highest BCUT2D eigenvalue weighted by atomic mass is 19.1. The lowest BCUT2D eigenvalue weighted by Crippen LogP contribution is -2.34. The number of aliphatic hydroxyl groups is 1. The summed E-state index contributed by atoms with van der Waals surface area (Å²) in [6, 6.07) is 2.52. The molecule has 2 atom stereocenters. The van der Waals surface area contributed by atoms with Crippen LogP contribution in [0, 0.1) is 17.6 Å². The van der Waals surface area contributed by atoms with Crippen LogP contribution in [0.1, 0.15) is 43.7 Å². The Labute approximate surface area is 106 Å². The van der Waals surface area contributed by atoms with E-state index in [0.717, 1.165) is 31.7 Å². The minimum Gasteiger partial charge on any atom is -0.391 e. The van der Waals surface area contributed by atoms with Gasteiger partial charge in [-0.1, -0.05) is 25.3 Å². The Morgan fingerprint density at radius 2 is 1.83 bits per heavy atom. The first-order valence-electron chi connectivity index (χ1n) is 6.48. The van der Waals surface area contributed by atoms with E-state index in [9.17, 15) is 13.9 Å². The molecule has 0 bridgehead atoms. The lowest BCUT2D eigenvalue weighted by atomic mass is 9.81. The second-order valence-corrected chi connectivity index (χ2v) is 5.08. The molecule has 1 aromatic rings. The van der Waals surface area contributed by atoms with Gasteiger partial charge in [-0.15, -0.1) is 0 Å². The maximum atomic E-state index is 13.6. The van der Waals surface area contributed by atoms with Crippen LogP contribution in [0.5, 0.6) is 0 Å². The van der Waals surface area contributed by atoms with Gasteiger partial charge in [0.05, 0.1) is 12.1 Å². The van der Waals surface area contributed by atoms with Gasteiger partial charge in [0.15, 0.2) is 0 Å². The van der Waals surface area contributed by atoms with Gasteiger partial charge in [0.25, 0.3) is 0 Å². The van der Waals surface area contributed by atoms with E-state index in [2.05, 4.69) is 0 Å². The number of aliphatic hydroxyl groups excluding tert-OH is 1. The summed E-state index contributed by atoms with van der Waals surface area (Å²) in [6.45, 7) is 0. The Morgan fingerprint density at radius 3 is 2.44 bits per heavy atom. The molecule has 18 heavy (non-hydrogen) atoms. The minimum atomic E-state index is -0.784. The third-order valence-electron chi connectivity index (χ3n) is 3.82. The molecule has 4 heteroatoms. The van der Waals surface area contributed by atoms with Crippen molar-refractivity contribution in [3.63, 3.8) is 0 Å². The lowest BCUT2D eigenvalue weighted by Gasteiger charge is -2.30. The molecule has 0 aliphatic heterocycles. The first-order valence-corrected chi connectivity index (χ1v) is 6.48. The van der Waals surface area contributed by atoms with Crippen molar-refractivity contribution in [2.24, 2.45) is 11.7 Å². The molecule has 0 unspecified atom stereocenters. The van der Waals surface area contributed by atoms with Crippen molar-refractivity contribution in [1.82, 2.24) is 0 Å². The van der Waals surface area contributed by atoms with Gasteiger partial charge < -0.3 is 10.8 Å². The third kappa shape index (κ3) is 2.87. The van der Waals surface area contributed by atoms with Gasteiger partial charge in [0.2, 0.25) is 0 Å². The van der Waals surface area contributed by atoms with Crippen molar-refractivity contribution >= 4 is 0 Å². The Kier molecular flexibility index (Phi) is 4.30. The number of nitrogens with two attached hydrogens (primary N) is 1. The molecule has 0 spiro atoms. The quantitative estimate of drug-likeness (QED) is 0.872. The predicted octanol–water partition coefficient (Wildman–Crippen LogP) is 2.91. The summed E-state index contributed by atoms with van der Waals surface area (Å²) in [5.74, 6) is -1.19. The maximum absolute atomic E-state index is 13.6. The number of hydrogen-bond donors (Lipinski definition) is 2. The largest absolute Gasteiger partial charge is 0.391 e. The van der Waals surface area contributed by atoms with Crippen molar-refractivity contribution in [3.8, 4) is 0 Å². The standard InChI is InChI=1S/C14H19F2NO/c15-10-6-7-11(12(16)8-10)13(17)14(18)9-4-2-1-3-5-9/h6-9,13-14,18H,1-5,17H2/t13-,14+/m1/s1. The molecule has 1 aliphatic carbocycles. The summed E-state index contributed by atoms with van der Waals surface area (Å²) in [4.78, 5) is 0. The molecule has 1 fully saturated rings. The Hall–Kier alpha value is -1.00. The number of rotatable bonds is 3. The number of hydrogen-bond acceptors (Lipinski definition) is 2. The zero-order valence-electron chi connectivity index (χ0n) is 10.3. The summed E-state index contributed by atoms with van der Waals surface area (Å²) < 4.78 is 26.4. The first-order chi connectivity index (χ1) is 8.59. The topological polar surface area (TPSA) is 46.2 Å². The summed E-state index contributed by atoms with van der Waals surface area (Å²) >= 11 is 0. The molecule has 1 saturated carbocycles. The van der Waals surface area contributed by atoms with E-state index in [1.807, 2.05) is 0 Å².